The summed E-state index contributed by atoms with van der Waals surface area (Å²) in [5, 5.41) is 0. The number of amides is 2. The van der Waals surface area contributed by atoms with Crippen LogP contribution >= 0.6 is 0 Å². The average Bonchev–Trinajstić information content (AvgIpc) is 3.33. The van der Waals surface area contributed by atoms with Crippen LogP contribution in [-0.2, 0) is 16.0 Å². The summed E-state index contributed by atoms with van der Waals surface area (Å²) < 4.78 is 17.5. The van der Waals surface area contributed by atoms with Crippen LogP contribution in [0.4, 0.5) is 4.79 Å². The van der Waals surface area contributed by atoms with Crippen LogP contribution in [0, 0.1) is 5.92 Å². The number of aromatic nitrogens is 1. The van der Waals surface area contributed by atoms with E-state index < -0.39 is 11.7 Å². The minimum Gasteiger partial charge on any atom is -0.493 e. The van der Waals surface area contributed by atoms with E-state index in [0.717, 1.165) is 29.7 Å². The Hall–Kier alpha value is -3.09. The Morgan fingerprint density at radius 2 is 1.91 bits per heavy atom. The molecule has 2 aromatic rings. The van der Waals surface area contributed by atoms with Gasteiger partial charge in [-0.1, -0.05) is 12.1 Å². The number of piperidine rings is 1. The summed E-state index contributed by atoms with van der Waals surface area (Å²) in [7, 11) is 1.64. The van der Waals surface area contributed by atoms with Gasteiger partial charge in [0.1, 0.15) is 5.60 Å². The van der Waals surface area contributed by atoms with Crippen LogP contribution in [0.3, 0.4) is 0 Å². The Balaban J connectivity index is 1.62. The van der Waals surface area contributed by atoms with Gasteiger partial charge in [-0.3, -0.25) is 9.78 Å². The van der Waals surface area contributed by atoms with Crippen molar-refractivity contribution in [2.75, 3.05) is 13.7 Å². The molecular weight excluding hydrogens is 444 g/mol. The number of pyridine rings is 1. The van der Waals surface area contributed by atoms with Crippen molar-refractivity contribution in [1.82, 2.24) is 9.88 Å². The number of imide groups is 1. The first-order valence-corrected chi connectivity index (χ1v) is 12.5. The molecule has 2 fully saturated rings. The molecule has 4 rings (SSSR count). The van der Waals surface area contributed by atoms with Crippen molar-refractivity contribution < 1.29 is 23.8 Å². The first-order valence-electron chi connectivity index (χ1n) is 12.5. The maximum Gasteiger partial charge on any atom is 0.417 e. The number of carbonyl (C=O) groups is 2. The fourth-order valence-electron chi connectivity index (χ4n) is 4.97. The van der Waals surface area contributed by atoms with Crippen molar-refractivity contribution in [2.24, 2.45) is 5.92 Å². The van der Waals surface area contributed by atoms with Crippen molar-refractivity contribution in [3.63, 3.8) is 0 Å². The lowest BCUT2D eigenvalue weighted by molar-refractivity contribution is -0.138. The predicted molar refractivity (Wildman–Crippen MR) is 133 cm³/mol. The van der Waals surface area contributed by atoms with Crippen molar-refractivity contribution in [2.45, 2.75) is 76.9 Å². The summed E-state index contributed by atoms with van der Waals surface area (Å²) in [4.78, 5) is 31.9. The quantitative estimate of drug-likeness (QED) is 0.542. The summed E-state index contributed by atoms with van der Waals surface area (Å²) in [5.74, 6) is 0.825. The van der Waals surface area contributed by atoms with Crippen LogP contribution in [0.5, 0.6) is 11.5 Å². The Morgan fingerprint density at radius 1 is 1.14 bits per heavy atom. The highest BCUT2D eigenvalue weighted by molar-refractivity contribution is 5.94. The number of carbonyl (C=O) groups excluding carboxylic acids is 2. The summed E-state index contributed by atoms with van der Waals surface area (Å²) in [6.45, 7) is 5.69. The highest BCUT2D eigenvalue weighted by atomic mass is 16.6. The Labute approximate surface area is 207 Å². The van der Waals surface area contributed by atoms with Crippen molar-refractivity contribution in [1.29, 1.82) is 0 Å². The fraction of sp³-hybridized carbons (Fsp3) is 0.536. The van der Waals surface area contributed by atoms with E-state index in [2.05, 4.69) is 4.98 Å². The van der Waals surface area contributed by atoms with Gasteiger partial charge in [-0.05, 0) is 88.6 Å². The van der Waals surface area contributed by atoms with E-state index in [1.165, 1.54) is 17.7 Å². The normalized spacial score (nSPS) is 21.1. The number of rotatable bonds is 6. The van der Waals surface area contributed by atoms with E-state index in [4.69, 9.17) is 14.2 Å². The molecule has 35 heavy (non-hydrogen) atoms. The third-order valence-electron chi connectivity index (χ3n) is 6.66. The standard InChI is InChI=1S/C28H36N2O5/c1-28(2,3)35-27(32)30-18-22(15-21(26(30)31)14-19-8-7-13-29-17-19)20-11-12-24(33-4)25(16-20)34-23-9-5-6-10-23/h7-8,11-13,16-17,21-23H,5-6,9-10,14-15,18H2,1-4H3/t21?,22-/m1/s1. The second kappa shape index (κ2) is 10.7. The van der Waals surface area contributed by atoms with Crippen LogP contribution in [0.2, 0.25) is 0 Å². The highest BCUT2D eigenvalue weighted by Gasteiger charge is 2.40. The topological polar surface area (TPSA) is 78.0 Å². The zero-order chi connectivity index (χ0) is 25.0. The molecule has 1 aromatic carbocycles. The number of methoxy groups -OCH3 is 1. The van der Waals surface area contributed by atoms with E-state index in [9.17, 15) is 9.59 Å². The van der Waals surface area contributed by atoms with Gasteiger partial charge >= 0.3 is 6.09 Å². The van der Waals surface area contributed by atoms with Gasteiger partial charge in [0.2, 0.25) is 5.91 Å². The molecule has 0 N–H and O–H groups in total. The third-order valence-corrected chi connectivity index (χ3v) is 6.66. The lowest BCUT2D eigenvalue weighted by atomic mass is 9.81. The van der Waals surface area contributed by atoms with Crippen molar-refractivity contribution in [3.05, 3.63) is 53.9 Å². The number of nitrogens with zero attached hydrogens (tertiary/aromatic N) is 2. The number of benzene rings is 1. The minimum absolute atomic E-state index is 0.0428. The SMILES string of the molecule is COc1ccc([C@@H]2CC(Cc3cccnc3)C(=O)N(C(=O)OC(C)(C)C)C2)cc1OC1CCCC1. The smallest absolute Gasteiger partial charge is 0.417 e. The second-order valence-corrected chi connectivity index (χ2v) is 10.6. The van der Waals surface area contributed by atoms with Gasteiger partial charge in [-0.15, -0.1) is 0 Å². The van der Waals surface area contributed by atoms with E-state index in [1.807, 2.05) is 30.3 Å². The maximum atomic E-state index is 13.4. The molecule has 1 aromatic heterocycles. The summed E-state index contributed by atoms with van der Waals surface area (Å²) in [5.41, 5.74) is 1.30. The van der Waals surface area contributed by atoms with E-state index in [0.29, 0.717) is 18.6 Å². The van der Waals surface area contributed by atoms with Gasteiger partial charge in [-0.25, -0.2) is 9.69 Å². The van der Waals surface area contributed by atoms with Gasteiger partial charge in [-0.2, -0.15) is 0 Å². The fourth-order valence-corrected chi connectivity index (χ4v) is 4.97. The van der Waals surface area contributed by atoms with E-state index >= 15 is 0 Å². The molecule has 188 valence electrons. The van der Waals surface area contributed by atoms with Crippen LogP contribution in [0.1, 0.15) is 69.9 Å². The number of ether oxygens (including phenoxy) is 3. The van der Waals surface area contributed by atoms with E-state index in [-0.39, 0.29) is 30.4 Å². The Morgan fingerprint density at radius 3 is 2.57 bits per heavy atom. The molecule has 1 saturated carbocycles. The lowest BCUT2D eigenvalue weighted by Crippen LogP contribution is -2.50. The monoisotopic (exact) mass is 480 g/mol. The molecule has 7 nitrogen and oxygen atoms in total. The molecule has 1 aliphatic heterocycles. The third kappa shape index (κ3) is 6.32. The van der Waals surface area contributed by atoms with Crippen molar-refractivity contribution in [3.8, 4) is 11.5 Å². The van der Waals surface area contributed by atoms with Gasteiger partial charge < -0.3 is 14.2 Å². The summed E-state index contributed by atoms with van der Waals surface area (Å²) >= 11 is 0. The molecule has 1 unspecified atom stereocenters. The number of hydrogen-bond donors (Lipinski definition) is 0. The minimum atomic E-state index is -0.689. The molecule has 2 heterocycles. The van der Waals surface area contributed by atoms with Crippen molar-refractivity contribution >= 4 is 12.0 Å². The molecular formula is C28H36N2O5. The first kappa shape index (κ1) is 25.0. The van der Waals surface area contributed by atoms with Crippen LogP contribution < -0.4 is 9.47 Å². The zero-order valence-corrected chi connectivity index (χ0v) is 21.2. The molecule has 2 atom stereocenters. The Bertz CT molecular complexity index is 1030. The largest absolute Gasteiger partial charge is 0.493 e. The maximum absolute atomic E-state index is 13.4. The number of hydrogen-bond acceptors (Lipinski definition) is 6. The van der Waals surface area contributed by atoms with Gasteiger partial charge in [0.25, 0.3) is 0 Å². The number of likely N-dealkylation sites (tertiary alicyclic amines) is 1. The highest BCUT2D eigenvalue weighted by Crippen LogP contribution is 2.39. The van der Waals surface area contributed by atoms with Crippen LogP contribution in [-0.4, -0.2) is 47.2 Å². The lowest BCUT2D eigenvalue weighted by Gasteiger charge is -2.37. The predicted octanol–water partition coefficient (Wildman–Crippen LogP) is 5.52. The van der Waals surface area contributed by atoms with Gasteiger partial charge in [0.05, 0.1) is 13.2 Å². The molecule has 1 saturated heterocycles. The second-order valence-electron chi connectivity index (χ2n) is 10.6. The first-order chi connectivity index (χ1) is 16.7. The van der Waals surface area contributed by atoms with Crippen LogP contribution in [0.25, 0.3) is 0 Å². The van der Waals surface area contributed by atoms with E-state index in [1.54, 1.807) is 40.3 Å². The summed E-state index contributed by atoms with van der Waals surface area (Å²) in [6.07, 6.45) is 8.68. The molecule has 0 radical (unpaired) electrons. The molecule has 0 bridgehead atoms. The zero-order valence-electron chi connectivity index (χ0n) is 21.2. The van der Waals surface area contributed by atoms with Gasteiger partial charge in [0, 0.05) is 30.8 Å². The molecule has 2 amide bonds. The molecule has 0 spiro atoms. The Kier molecular flexibility index (Phi) is 7.63. The average molecular weight is 481 g/mol. The molecule has 1 aliphatic carbocycles. The molecule has 2 aliphatic rings. The van der Waals surface area contributed by atoms with Crippen LogP contribution in [0.15, 0.2) is 42.7 Å². The van der Waals surface area contributed by atoms with Gasteiger partial charge in [0.15, 0.2) is 11.5 Å². The summed E-state index contributed by atoms with van der Waals surface area (Å²) in [6, 6.07) is 9.77. The molecule has 7 heteroatoms.